The molecule has 2 N–H and O–H groups in total. The van der Waals surface area contributed by atoms with Crippen molar-refractivity contribution in [1.29, 1.82) is 0 Å². The first kappa shape index (κ1) is 17.4. The van der Waals surface area contributed by atoms with Crippen LogP contribution in [0.25, 0.3) is 11.3 Å². The number of benzene rings is 1. The average molecular weight is 343 g/mol. The highest BCUT2D eigenvalue weighted by atomic mass is 16.7. The molecule has 1 aliphatic heterocycles. The summed E-state index contributed by atoms with van der Waals surface area (Å²) in [5, 5.41) is 26.7. The fourth-order valence-corrected chi connectivity index (χ4v) is 3.01. The van der Waals surface area contributed by atoms with Gasteiger partial charge in [0.1, 0.15) is 11.5 Å². The third kappa shape index (κ3) is 3.22. The molecule has 0 amide bonds. The molecule has 6 heteroatoms. The number of aromatic hydroxyl groups is 2. The quantitative estimate of drug-likeness (QED) is 0.868. The molecule has 3 rings (SSSR count). The first-order valence-electron chi connectivity index (χ1n) is 8.69. The van der Waals surface area contributed by atoms with E-state index in [4.69, 9.17) is 4.84 Å². The molecule has 134 valence electrons. The molecule has 0 unspecified atom stereocenters. The van der Waals surface area contributed by atoms with E-state index in [2.05, 4.69) is 5.10 Å². The maximum Gasteiger partial charge on any atom is 0.163 e. The number of likely N-dealkylation sites (N-methyl/N-ethyl adjacent to an activating group) is 1. The lowest BCUT2D eigenvalue weighted by Gasteiger charge is -2.16. The summed E-state index contributed by atoms with van der Waals surface area (Å²) in [6.07, 6.45) is 3.81. The zero-order valence-corrected chi connectivity index (χ0v) is 15.2. The SMILES string of the molecule is CCN1CC(c2cnn(CC)c2)=C(c2cc(C(C)C)c(O)cc2O)O1. The van der Waals surface area contributed by atoms with Gasteiger partial charge in [0.25, 0.3) is 0 Å². The third-order valence-corrected chi connectivity index (χ3v) is 4.50. The molecule has 2 heterocycles. The average Bonchev–Trinajstić information content (AvgIpc) is 3.20. The maximum atomic E-state index is 10.4. The van der Waals surface area contributed by atoms with Crippen LogP contribution in [0, 0.1) is 0 Å². The Labute approximate surface area is 147 Å². The third-order valence-electron chi connectivity index (χ3n) is 4.50. The van der Waals surface area contributed by atoms with Crippen LogP contribution in [0.3, 0.4) is 0 Å². The summed E-state index contributed by atoms with van der Waals surface area (Å²) in [4.78, 5) is 6.00. The Hall–Kier alpha value is -2.47. The van der Waals surface area contributed by atoms with E-state index in [-0.39, 0.29) is 17.4 Å². The molecule has 0 radical (unpaired) electrons. The van der Waals surface area contributed by atoms with Crippen LogP contribution in [-0.2, 0) is 11.4 Å². The zero-order chi connectivity index (χ0) is 18.1. The molecule has 6 nitrogen and oxygen atoms in total. The predicted molar refractivity (Wildman–Crippen MR) is 96.9 cm³/mol. The van der Waals surface area contributed by atoms with Gasteiger partial charge in [0.2, 0.25) is 0 Å². The Morgan fingerprint density at radius 3 is 2.52 bits per heavy atom. The number of aryl methyl sites for hydroxylation is 1. The molecular formula is C19H25N3O3. The number of phenols is 2. The van der Waals surface area contributed by atoms with Gasteiger partial charge in [-0.15, -0.1) is 5.06 Å². The monoisotopic (exact) mass is 343 g/mol. The first-order valence-corrected chi connectivity index (χ1v) is 8.69. The highest BCUT2D eigenvalue weighted by Crippen LogP contribution is 2.41. The summed E-state index contributed by atoms with van der Waals surface area (Å²) in [7, 11) is 0. The Kier molecular flexibility index (Phi) is 4.72. The second kappa shape index (κ2) is 6.80. The van der Waals surface area contributed by atoms with E-state index >= 15 is 0 Å². The standard InChI is InChI=1S/C19H25N3O3/c1-5-21-10-13(9-20-21)16-11-22(6-2)25-19(16)15-7-14(12(3)4)17(23)8-18(15)24/h7-10,12,23-24H,5-6,11H2,1-4H3. The van der Waals surface area contributed by atoms with Crippen molar-refractivity contribution in [3.05, 3.63) is 41.2 Å². The van der Waals surface area contributed by atoms with E-state index in [0.29, 0.717) is 17.9 Å². The van der Waals surface area contributed by atoms with Crippen LogP contribution >= 0.6 is 0 Å². The van der Waals surface area contributed by atoms with Crippen LogP contribution in [0.4, 0.5) is 0 Å². The Morgan fingerprint density at radius 1 is 1.16 bits per heavy atom. The number of hydrogen-bond donors (Lipinski definition) is 2. The summed E-state index contributed by atoms with van der Waals surface area (Å²) in [5.74, 6) is 0.865. The van der Waals surface area contributed by atoms with Gasteiger partial charge in [-0.25, -0.2) is 0 Å². The van der Waals surface area contributed by atoms with Gasteiger partial charge in [0.15, 0.2) is 5.76 Å². The predicted octanol–water partition coefficient (Wildman–Crippen LogP) is 3.57. The topological polar surface area (TPSA) is 70.8 Å². The molecule has 2 aromatic rings. The second-order valence-electron chi connectivity index (χ2n) is 6.52. The lowest BCUT2D eigenvalue weighted by Crippen LogP contribution is -2.18. The molecule has 0 aliphatic carbocycles. The van der Waals surface area contributed by atoms with Crippen LogP contribution < -0.4 is 0 Å². The number of aromatic nitrogens is 2. The van der Waals surface area contributed by atoms with Crippen LogP contribution in [0.5, 0.6) is 11.5 Å². The summed E-state index contributed by atoms with van der Waals surface area (Å²) in [5.41, 5.74) is 3.34. The van der Waals surface area contributed by atoms with Gasteiger partial charge in [-0.3, -0.25) is 4.68 Å². The highest BCUT2D eigenvalue weighted by molar-refractivity contribution is 5.91. The number of hydroxylamine groups is 2. The van der Waals surface area contributed by atoms with E-state index < -0.39 is 0 Å². The van der Waals surface area contributed by atoms with E-state index in [0.717, 1.165) is 29.8 Å². The van der Waals surface area contributed by atoms with Crippen LogP contribution in [-0.4, -0.2) is 38.1 Å². The highest BCUT2D eigenvalue weighted by Gasteiger charge is 2.29. The van der Waals surface area contributed by atoms with Crippen molar-refractivity contribution in [2.45, 2.75) is 40.2 Å². The molecule has 0 fully saturated rings. The largest absolute Gasteiger partial charge is 0.508 e. The molecule has 1 aliphatic rings. The van der Waals surface area contributed by atoms with E-state index in [1.165, 1.54) is 6.07 Å². The molecule has 0 spiro atoms. The Balaban J connectivity index is 2.13. The molecule has 1 aromatic heterocycles. The summed E-state index contributed by atoms with van der Waals surface area (Å²) in [6, 6.07) is 3.21. The zero-order valence-electron chi connectivity index (χ0n) is 15.2. The van der Waals surface area contributed by atoms with Crippen molar-refractivity contribution in [1.82, 2.24) is 14.8 Å². The Bertz CT molecular complexity index is 808. The lowest BCUT2D eigenvalue weighted by molar-refractivity contribution is -0.0556. The van der Waals surface area contributed by atoms with Crippen molar-refractivity contribution in [3.8, 4) is 11.5 Å². The smallest absolute Gasteiger partial charge is 0.163 e. The van der Waals surface area contributed by atoms with Gasteiger partial charge < -0.3 is 15.1 Å². The molecule has 1 aromatic carbocycles. The number of phenolic OH excluding ortho intramolecular Hbond substituents is 2. The first-order chi connectivity index (χ1) is 11.9. The van der Waals surface area contributed by atoms with Crippen molar-refractivity contribution < 1.29 is 15.1 Å². The minimum Gasteiger partial charge on any atom is -0.508 e. The molecule has 0 bridgehead atoms. The van der Waals surface area contributed by atoms with Gasteiger partial charge in [-0.05, 0) is 31.4 Å². The van der Waals surface area contributed by atoms with Gasteiger partial charge in [-0.1, -0.05) is 13.8 Å². The molecule has 0 saturated carbocycles. The normalized spacial score (nSPS) is 15.2. The number of hydrogen-bond acceptors (Lipinski definition) is 5. The second-order valence-corrected chi connectivity index (χ2v) is 6.52. The fraction of sp³-hybridized carbons (Fsp3) is 0.421. The summed E-state index contributed by atoms with van der Waals surface area (Å²) in [6.45, 7) is 10.2. The van der Waals surface area contributed by atoms with Gasteiger partial charge >= 0.3 is 0 Å². The summed E-state index contributed by atoms with van der Waals surface area (Å²) < 4.78 is 1.87. The number of rotatable bonds is 5. The lowest BCUT2D eigenvalue weighted by atomic mass is 9.96. The van der Waals surface area contributed by atoms with Crippen LogP contribution in [0.1, 0.15) is 50.3 Å². The van der Waals surface area contributed by atoms with Crippen molar-refractivity contribution >= 4 is 11.3 Å². The molecule has 0 atom stereocenters. The number of nitrogens with zero attached hydrogens (tertiary/aromatic N) is 3. The van der Waals surface area contributed by atoms with Gasteiger partial charge in [0, 0.05) is 36.5 Å². The Morgan fingerprint density at radius 2 is 1.92 bits per heavy atom. The fourth-order valence-electron chi connectivity index (χ4n) is 3.01. The van der Waals surface area contributed by atoms with Gasteiger partial charge in [-0.2, -0.15) is 5.10 Å². The van der Waals surface area contributed by atoms with Crippen LogP contribution in [0.2, 0.25) is 0 Å². The minimum atomic E-state index is 0.00948. The molecule has 25 heavy (non-hydrogen) atoms. The molecular weight excluding hydrogens is 318 g/mol. The van der Waals surface area contributed by atoms with E-state index in [9.17, 15) is 10.2 Å². The van der Waals surface area contributed by atoms with Crippen molar-refractivity contribution in [2.75, 3.05) is 13.1 Å². The molecule has 0 saturated heterocycles. The van der Waals surface area contributed by atoms with E-state index in [1.54, 1.807) is 0 Å². The van der Waals surface area contributed by atoms with E-state index in [1.807, 2.05) is 55.9 Å². The van der Waals surface area contributed by atoms with Crippen molar-refractivity contribution in [2.24, 2.45) is 0 Å². The van der Waals surface area contributed by atoms with Gasteiger partial charge in [0.05, 0.1) is 18.3 Å². The minimum absolute atomic E-state index is 0.00948. The van der Waals surface area contributed by atoms with Crippen LogP contribution in [0.15, 0.2) is 24.5 Å². The maximum absolute atomic E-state index is 10.4. The summed E-state index contributed by atoms with van der Waals surface area (Å²) >= 11 is 0. The van der Waals surface area contributed by atoms with Crippen molar-refractivity contribution in [3.63, 3.8) is 0 Å².